The van der Waals surface area contributed by atoms with Gasteiger partial charge in [0.1, 0.15) is 12.2 Å². The molecule has 0 amide bonds. The van der Waals surface area contributed by atoms with Gasteiger partial charge in [-0.1, -0.05) is 19.9 Å². The Hall–Kier alpha value is -1.28. The number of hydrogen-bond donors (Lipinski definition) is 3. The van der Waals surface area contributed by atoms with Crippen LogP contribution >= 0.6 is 0 Å². The fourth-order valence-electron chi connectivity index (χ4n) is 6.61. The molecule has 164 valence electrons. The molecule has 0 aromatic carbocycles. The smallest absolute Gasteiger partial charge is 0.302 e. The van der Waals surface area contributed by atoms with Gasteiger partial charge < -0.3 is 24.8 Å². The van der Waals surface area contributed by atoms with E-state index in [0.29, 0.717) is 12.8 Å². The van der Waals surface area contributed by atoms with Crippen LogP contribution in [0.1, 0.15) is 60.3 Å². The van der Waals surface area contributed by atoms with Crippen LogP contribution in [0.2, 0.25) is 0 Å². The summed E-state index contributed by atoms with van der Waals surface area (Å²) >= 11 is 0. The van der Waals surface area contributed by atoms with Gasteiger partial charge in [0.05, 0.1) is 23.2 Å². The standard InChI is InChI=1S/C22H34O7/c1-7-19(5)11-16(26)22(27)20(6,29-19)10-14(24)17-18(3,4)9-8-15(25)21(17,22)12-28-13(2)23/h7,14-15,17,24-25,27H,1,8-12H2,2-6H3/t14-,15+,17+,19+,20-,21+,22-/m1/s1. The second-order valence-corrected chi connectivity index (χ2v) is 10.3. The minimum absolute atomic E-state index is 0.0152. The zero-order valence-corrected chi connectivity index (χ0v) is 18.0. The Morgan fingerprint density at radius 2 is 1.93 bits per heavy atom. The molecule has 1 heterocycles. The third-order valence-corrected chi connectivity index (χ3v) is 7.80. The number of fused-ring (bicyclic) bond motifs is 3. The molecule has 3 aliphatic rings. The maximum Gasteiger partial charge on any atom is 0.302 e. The predicted octanol–water partition coefficient (Wildman–Crippen LogP) is 1.52. The summed E-state index contributed by atoms with van der Waals surface area (Å²) in [6.07, 6.45) is 0.197. The van der Waals surface area contributed by atoms with Gasteiger partial charge in [-0.25, -0.2) is 0 Å². The first-order chi connectivity index (χ1) is 13.2. The largest absolute Gasteiger partial charge is 0.465 e. The molecule has 0 radical (unpaired) electrons. The Labute approximate surface area is 172 Å². The fourth-order valence-corrected chi connectivity index (χ4v) is 6.61. The van der Waals surface area contributed by atoms with Crippen LogP contribution in [-0.4, -0.2) is 62.7 Å². The number of carbonyl (C=O) groups excluding carboxylic acids is 2. The zero-order chi connectivity index (χ0) is 22.0. The number of aliphatic hydroxyl groups excluding tert-OH is 2. The van der Waals surface area contributed by atoms with E-state index in [-0.39, 0.29) is 19.4 Å². The lowest BCUT2D eigenvalue weighted by Gasteiger charge is -2.70. The number of ketones is 1. The molecule has 7 nitrogen and oxygen atoms in total. The van der Waals surface area contributed by atoms with E-state index in [1.807, 2.05) is 13.8 Å². The van der Waals surface area contributed by atoms with Crippen molar-refractivity contribution >= 4 is 11.8 Å². The van der Waals surface area contributed by atoms with E-state index < -0.39 is 57.5 Å². The Kier molecular flexibility index (Phi) is 5.11. The van der Waals surface area contributed by atoms with Gasteiger partial charge in [0.2, 0.25) is 0 Å². The summed E-state index contributed by atoms with van der Waals surface area (Å²) in [5, 5.41) is 34.7. The van der Waals surface area contributed by atoms with Crippen LogP contribution in [0, 0.1) is 16.7 Å². The number of carbonyl (C=O) groups is 2. The molecule has 2 aliphatic carbocycles. The summed E-state index contributed by atoms with van der Waals surface area (Å²) in [5.41, 5.74) is -6.74. The van der Waals surface area contributed by atoms with Crippen LogP contribution in [0.15, 0.2) is 12.7 Å². The lowest BCUT2D eigenvalue weighted by atomic mass is 9.40. The molecule has 0 aromatic rings. The molecule has 3 fully saturated rings. The van der Waals surface area contributed by atoms with Gasteiger partial charge in [-0.3, -0.25) is 9.59 Å². The van der Waals surface area contributed by atoms with Gasteiger partial charge in [0.25, 0.3) is 0 Å². The van der Waals surface area contributed by atoms with Crippen molar-refractivity contribution in [3.63, 3.8) is 0 Å². The van der Waals surface area contributed by atoms with Crippen molar-refractivity contribution < 1.29 is 34.4 Å². The summed E-state index contributed by atoms with van der Waals surface area (Å²) in [6, 6.07) is 0. The minimum Gasteiger partial charge on any atom is -0.465 e. The van der Waals surface area contributed by atoms with Crippen molar-refractivity contribution in [1.29, 1.82) is 0 Å². The summed E-state index contributed by atoms with van der Waals surface area (Å²) < 4.78 is 11.6. The van der Waals surface area contributed by atoms with Crippen molar-refractivity contribution in [2.24, 2.45) is 16.7 Å². The Bertz CT molecular complexity index is 733. The topological polar surface area (TPSA) is 113 Å². The first-order valence-corrected chi connectivity index (χ1v) is 10.3. The Balaban J connectivity index is 2.28. The number of aliphatic hydroxyl groups is 3. The molecule has 0 bridgehead atoms. The molecule has 1 saturated heterocycles. The van der Waals surface area contributed by atoms with E-state index in [4.69, 9.17) is 9.47 Å². The molecule has 7 atom stereocenters. The molecule has 0 aromatic heterocycles. The molecule has 3 rings (SSSR count). The summed E-state index contributed by atoms with van der Waals surface area (Å²) in [5.74, 6) is -1.74. The first kappa shape index (κ1) is 22.4. The van der Waals surface area contributed by atoms with Crippen LogP contribution in [-0.2, 0) is 19.1 Å². The molecular weight excluding hydrogens is 376 g/mol. The number of hydrogen-bond acceptors (Lipinski definition) is 7. The highest BCUT2D eigenvalue weighted by atomic mass is 16.6. The SMILES string of the molecule is C=C[C@@]1(C)CC(=O)[C@]2(O)[C@@]3(COC(C)=O)[C@@H](O)CCC(C)(C)[C@@H]3[C@H](O)C[C@@]2(C)O1. The third kappa shape index (κ3) is 2.85. The lowest BCUT2D eigenvalue weighted by Crippen LogP contribution is -2.84. The second-order valence-electron chi connectivity index (χ2n) is 10.3. The van der Waals surface area contributed by atoms with Crippen LogP contribution in [0.4, 0.5) is 0 Å². The molecule has 3 N–H and O–H groups in total. The molecule has 0 unspecified atom stereocenters. The van der Waals surface area contributed by atoms with Crippen LogP contribution in [0.25, 0.3) is 0 Å². The average Bonchev–Trinajstić information content (AvgIpc) is 2.58. The van der Waals surface area contributed by atoms with Crippen molar-refractivity contribution in [1.82, 2.24) is 0 Å². The molecular formula is C22H34O7. The van der Waals surface area contributed by atoms with Crippen LogP contribution in [0.5, 0.6) is 0 Å². The van der Waals surface area contributed by atoms with Gasteiger partial charge in [-0.2, -0.15) is 0 Å². The number of Topliss-reactive ketones (excluding diaryl/α,β-unsaturated/α-hetero) is 1. The van der Waals surface area contributed by atoms with E-state index in [0.717, 1.165) is 0 Å². The average molecular weight is 411 g/mol. The molecule has 2 saturated carbocycles. The number of esters is 1. The van der Waals surface area contributed by atoms with E-state index in [9.17, 15) is 24.9 Å². The van der Waals surface area contributed by atoms with E-state index >= 15 is 0 Å². The normalized spacial score (nSPS) is 49.0. The zero-order valence-electron chi connectivity index (χ0n) is 18.0. The fraction of sp³-hybridized carbons (Fsp3) is 0.818. The second kappa shape index (κ2) is 6.61. The molecule has 0 spiro atoms. The van der Waals surface area contributed by atoms with E-state index in [2.05, 4.69) is 6.58 Å². The Morgan fingerprint density at radius 1 is 1.31 bits per heavy atom. The highest BCUT2D eigenvalue weighted by molar-refractivity contribution is 5.92. The summed E-state index contributed by atoms with van der Waals surface area (Å²) in [7, 11) is 0. The van der Waals surface area contributed by atoms with Crippen molar-refractivity contribution in [2.45, 2.75) is 89.3 Å². The third-order valence-electron chi connectivity index (χ3n) is 7.80. The quantitative estimate of drug-likeness (QED) is 0.477. The predicted molar refractivity (Wildman–Crippen MR) is 105 cm³/mol. The van der Waals surface area contributed by atoms with Crippen molar-refractivity contribution in [3.8, 4) is 0 Å². The number of ether oxygens (including phenoxy) is 2. The number of rotatable bonds is 3. The van der Waals surface area contributed by atoms with Gasteiger partial charge in [0, 0.05) is 25.7 Å². The first-order valence-electron chi connectivity index (χ1n) is 10.3. The molecule has 29 heavy (non-hydrogen) atoms. The molecule has 1 aliphatic heterocycles. The van der Waals surface area contributed by atoms with Crippen LogP contribution in [0.3, 0.4) is 0 Å². The van der Waals surface area contributed by atoms with Gasteiger partial charge in [-0.15, -0.1) is 6.58 Å². The van der Waals surface area contributed by atoms with Gasteiger partial charge in [0.15, 0.2) is 11.4 Å². The van der Waals surface area contributed by atoms with E-state index in [1.54, 1.807) is 13.8 Å². The monoisotopic (exact) mass is 410 g/mol. The highest BCUT2D eigenvalue weighted by Crippen LogP contribution is 2.66. The minimum atomic E-state index is -2.14. The highest BCUT2D eigenvalue weighted by Gasteiger charge is 2.79. The molecule has 7 heteroatoms. The maximum absolute atomic E-state index is 13.6. The van der Waals surface area contributed by atoms with Crippen molar-refractivity contribution in [3.05, 3.63) is 12.7 Å². The summed E-state index contributed by atoms with van der Waals surface area (Å²) in [6.45, 7) is 11.8. The van der Waals surface area contributed by atoms with Crippen LogP contribution < -0.4 is 0 Å². The van der Waals surface area contributed by atoms with Crippen molar-refractivity contribution in [2.75, 3.05) is 6.61 Å². The van der Waals surface area contributed by atoms with Gasteiger partial charge >= 0.3 is 5.97 Å². The summed E-state index contributed by atoms with van der Waals surface area (Å²) in [4.78, 5) is 25.3. The Morgan fingerprint density at radius 3 is 2.48 bits per heavy atom. The van der Waals surface area contributed by atoms with Gasteiger partial charge in [-0.05, 0) is 32.1 Å². The lowest BCUT2D eigenvalue weighted by molar-refractivity contribution is -0.352. The van der Waals surface area contributed by atoms with E-state index in [1.165, 1.54) is 13.0 Å². The maximum atomic E-state index is 13.6.